The number of nitrogens with zero attached hydrogens (tertiary/aromatic N) is 3. The predicted octanol–water partition coefficient (Wildman–Crippen LogP) is 0.454. The Hall–Kier alpha value is -3.33. The van der Waals surface area contributed by atoms with Gasteiger partial charge in [0.15, 0.2) is 17.4 Å². The molecule has 38 heavy (non-hydrogen) atoms. The number of benzene rings is 1. The SMILES string of the molecule is CC(C)OC(=O)[C@H](C)NP(=O)(OC[C@H]1O[C@@H](n2cnc3c(=O)[nH]c(N)nc32)[C@H](O)[C@@H]1O)Oc1ccccc1. The molecule has 0 aliphatic carbocycles. The number of aromatic amines is 1. The Morgan fingerprint density at radius 3 is 2.66 bits per heavy atom. The number of ether oxygens (including phenoxy) is 2. The number of rotatable bonds is 10. The Labute approximate surface area is 216 Å². The van der Waals surface area contributed by atoms with Crippen LogP contribution in [0.25, 0.3) is 11.2 Å². The van der Waals surface area contributed by atoms with Gasteiger partial charge in [-0.2, -0.15) is 10.1 Å². The Kier molecular flexibility index (Phi) is 8.16. The summed E-state index contributed by atoms with van der Waals surface area (Å²) < 4.78 is 36.9. The number of nitrogens with two attached hydrogens (primary N) is 1. The lowest BCUT2D eigenvalue weighted by Crippen LogP contribution is -2.38. The van der Waals surface area contributed by atoms with E-state index < -0.39 is 62.6 Å². The number of nitrogens with one attached hydrogen (secondary N) is 2. The van der Waals surface area contributed by atoms with Gasteiger partial charge < -0.3 is 29.9 Å². The number of fused-ring (bicyclic) bond motifs is 1. The molecule has 2 aromatic heterocycles. The van der Waals surface area contributed by atoms with E-state index in [4.69, 9.17) is 24.3 Å². The molecule has 16 heteroatoms. The van der Waals surface area contributed by atoms with Gasteiger partial charge in [0.1, 0.15) is 30.1 Å². The standard InChI is InChI=1S/C22H29N6O9P/c1-11(2)35-21(32)12(3)27-38(33,37-13-7-5-4-6-8-13)34-9-14-16(29)17(30)20(36-14)28-10-24-15-18(28)25-22(23)26-19(15)31/h4-8,10-12,14,16-17,20,29-30H,9H2,1-3H3,(H,27,33)(H3,23,25,26,31)/t12-,14+,16+,17+,20+,38?/m0/s1. The van der Waals surface area contributed by atoms with Crippen molar-refractivity contribution >= 4 is 30.8 Å². The van der Waals surface area contributed by atoms with Crippen LogP contribution in [0.5, 0.6) is 5.75 Å². The fourth-order valence-corrected chi connectivity index (χ4v) is 5.23. The molecule has 1 aliphatic heterocycles. The van der Waals surface area contributed by atoms with Gasteiger partial charge in [-0.1, -0.05) is 18.2 Å². The second-order valence-corrected chi connectivity index (χ2v) is 10.5. The van der Waals surface area contributed by atoms with Crippen molar-refractivity contribution in [3.05, 3.63) is 47.0 Å². The molecule has 6 N–H and O–H groups in total. The Balaban J connectivity index is 1.52. The fraction of sp³-hybridized carbons (Fsp3) is 0.455. The molecule has 15 nitrogen and oxygen atoms in total. The summed E-state index contributed by atoms with van der Waals surface area (Å²) in [6.07, 6.45) is -4.60. The Bertz CT molecular complexity index is 1380. The minimum atomic E-state index is -4.24. The quantitative estimate of drug-likeness (QED) is 0.171. The first-order valence-corrected chi connectivity index (χ1v) is 13.2. The number of para-hydroxylation sites is 1. The van der Waals surface area contributed by atoms with Crippen LogP contribution in [0, 0.1) is 0 Å². The van der Waals surface area contributed by atoms with Crippen molar-refractivity contribution in [3.63, 3.8) is 0 Å². The second kappa shape index (κ2) is 11.2. The highest BCUT2D eigenvalue weighted by Gasteiger charge is 2.46. The number of carbonyl (C=O) groups is 1. The normalized spacial score (nSPS) is 23.8. The molecule has 1 aliphatic rings. The van der Waals surface area contributed by atoms with Gasteiger partial charge in [-0.3, -0.25) is 23.7 Å². The maximum Gasteiger partial charge on any atom is 0.459 e. The molecule has 1 aromatic carbocycles. The second-order valence-electron chi connectivity index (χ2n) is 8.86. The van der Waals surface area contributed by atoms with Crippen LogP contribution in [-0.2, 0) is 23.4 Å². The van der Waals surface area contributed by atoms with E-state index in [2.05, 4.69) is 20.0 Å². The summed E-state index contributed by atoms with van der Waals surface area (Å²) in [7, 11) is -4.24. The van der Waals surface area contributed by atoms with E-state index in [1.54, 1.807) is 44.2 Å². The zero-order valence-electron chi connectivity index (χ0n) is 20.8. The Morgan fingerprint density at radius 2 is 1.97 bits per heavy atom. The molecule has 0 spiro atoms. The average molecular weight is 552 g/mol. The van der Waals surface area contributed by atoms with Crippen molar-refractivity contribution in [2.45, 2.75) is 57.5 Å². The van der Waals surface area contributed by atoms with Gasteiger partial charge in [-0.25, -0.2) is 9.55 Å². The summed E-state index contributed by atoms with van der Waals surface area (Å²) in [4.78, 5) is 34.7. The van der Waals surface area contributed by atoms with E-state index in [0.717, 1.165) is 0 Å². The minimum Gasteiger partial charge on any atom is -0.462 e. The third kappa shape index (κ3) is 6.04. The molecular weight excluding hydrogens is 523 g/mol. The van der Waals surface area contributed by atoms with Gasteiger partial charge in [0.25, 0.3) is 5.56 Å². The number of H-pyrrole nitrogens is 1. The molecule has 6 atom stereocenters. The predicted molar refractivity (Wildman–Crippen MR) is 133 cm³/mol. The van der Waals surface area contributed by atoms with E-state index in [0.29, 0.717) is 0 Å². The largest absolute Gasteiger partial charge is 0.462 e. The number of carbonyl (C=O) groups excluding carboxylic acids is 1. The van der Waals surface area contributed by atoms with Crippen LogP contribution in [0.4, 0.5) is 5.95 Å². The first kappa shape index (κ1) is 27.7. The third-order valence-electron chi connectivity index (χ3n) is 5.50. The number of anilines is 1. The van der Waals surface area contributed by atoms with Crippen molar-refractivity contribution in [3.8, 4) is 5.75 Å². The van der Waals surface area contributed by atoms with Crippen LogP contribution < -0.4 is 20.9 Å². The lowest BCUT2D eigenvalue weighted by molar-refractivity contribution is -0.149. The van der Waals surface area contributed by atoms with Gasteiger partial charge in [-0.05, 0) is 32.9 Å². The third-order valence-corrected chi connectivity index (χ3v) is 7.14. The van der Waals surface area contributed by atoms with Crippen LogP contribution in [-0.4, -0.2) is 72.8 Å². The maximum absolute atomic E-state index is 13.6. The van der Waals surface area contributed by atoms with Crippen LogP contribution in [0.3, 0.4) is 0 Å². The summed E-state index contributed by atoms with van der Waals surface area (Å²) in [5.74, 6) is -0.661. The van der Waals surface area contributed by atoms with Crippen LogP contribution in [0.15, 0.2) is 41.5 Å². The Morgan fingerprint density at radius 1 is 1.26 bits per heavy atom. The van der Waals surface area contributed by atoms with Crippen LogP contribution in [0.1, 0.15) is 27.0 Å². The lowest BCUT2D eigenvalue weighted by atomic mass is 10.1. The molecule has 3 aromatic rings. The first-order chi connectivity index (χ1) is 18.0. The highest BCUT2D eigenvalue weighted by Crippen LogP contribution is 2.46. The van der Waals surface area contributed by atoms with E-state index in [1.165, 1.54) is 17.8 Å². The monoisotopic (exact) mass is 552 g/mol. The van der Waals surface area contributed by atoms with E-state index in [-0.39, 0.29) is 22.9 Å². The molecule has 0 saturated carbocycles. The number of hydrogen-bond acceptors (Lipinski definition) is 12. The summed E-state index contributed by atoms with van der Waals surface area (Å²) in [6.45, 7) is 4.26. The van der Waals surface area contributed by atoms with Crippen LogP contribution >= 0.6 is 7.75 Å². The smallest absolute Gasteiger partial charge is 0.459 e. The molecule has 1 fully saturated rings. The molecule has 3 heterocycles. The minimum absolute atomic E-state index is 0.0290. The molecular formula is C22H29N6O9P. The zero-order chi connectivity index (χ0) is 27.6. The van der Waals surface area contributed by atoms with Crippen molar-refractivity contribution in [1.29, 1.82) is 0 Å². The molecule has 0 amide bonds. The topological polar surface area (TPSA) is 213 Å². The van der Waals surface area contributed by atoms with Crippen molar-refractivity contribution < 1.29 is 38.1 Å². The van der Waals surface area contributed by atoms with Crippen LogP contribution in [0.2, 0.25) is 0 Å². The maximum atomic E-state index is 13.6. The molecule has 206 valence electrons. The van der Waals surface area contributed by atoms with Gasteiger partial charge in [-0.15, -0.1) is 0 Å². The van der Waals surface area contributed by atoms with E-state index in [9.17, 15) is 24.4 Å². The molecule has 0 bridgehead atoms. The lowest BCUT2D eigenvalue weighted by Gasteiger charge is -2.25. The number of imidazole rings is 1. The van der Waals surface area contributed by atoms with E-state index >= 15 is 0 Å². The molecule has 0 radical (unpaired) electrons. The number of aliphatic hydroxyl groups is 2. The molecule has 4 rings (SSSR count). The van der Waals surface area contributed by atoms with Crippen molar-refractivity contribution in [1.82, 2.24) is 24.6 Å². The molecule has 1 saturated heterocycles. The number of nitrogen functional groups attached to an aromatic ring is 1. The summed E-state index contributed by atoms with van der Waals surface area (Å²) >= 11 is 0. The van der Waals surface area contributed by atoms with Gasteiger partial charge in [0, 0.05) is 0 Å². The van der Waals surface area contributed by atoms with Crippen molar-refractivity contribution in [2.24, 2.45) is 0 Å². The average Bonchev–Trinajstić information content (AvgIpc) is 3.39. The van der Waals surface area contributed by atoms with Gasteiger partial charge in [0.2, 0.25) is 5.95 Å². The number of hydrogen-bond donors (Lipinski definition) is 5. The van der Waals surface area contributed by atoms with Gasteiger partial charge >= 0.3 is 13.7 Å². The zero-order valence-corrected chi connectivity index (χ0v) is 21.6. The van der Waals surface area contributed by atoms with Gasteiger partial charge in [0.05, 0.1) is 19.0 Å². The number of aromatic nitrogens is 4. The fourth-order valence-electron chi connectivity index (χ4n) is 3.73. The number of esters is 1. The van der Waals surface area contributed by atoms with Crippen molar-refractivity contribution in [2.75, 3.05) is 12.3 Å². The first-order valence-electron chi connectivity index (χ1n) is 11.7. The summed E-state index contributed by atoms with van der Waals surface area (Å²) in [5, 5.41) is 23.8. The van der Waals surface area contributed by atoms with E-state index in [1.807, 2.05) is 0 Å². The highest BCUT2D eigenvalue weighted by molar-refractivity contribution is 7.52. The summed E-state index contributed by atoms with van der Waals surface area (Å²) in [5.41, 5.74) is 5.02. The molecule has 1 unspecified atom stereocenters. The highest BCUT2D eigenvalue weighted by atomic mass is 31.2. The summed E-state index contributed by atoms with van der Waals surface area (Å²) in [6, 6.07) is 7.05. The number of aliphatic hydroxyl groups excluding tert-OH is 2.